The van der Waals surface area contributed by atoms with Crippen LogP contribution in [-0.2, 0) is 0 Å². The molecule has 0 spiro atoms. The van der Waals surface area contributed by atoms with Crippen LogP contribution in [0.25, 0.3) is 11.1 Å². The second-order valence-corrected chi connectivity index (χ2v) is 4.46. The number of halogens is 5. The summed E-state index contributed by atoms with van der Waals surface area (Å²) in [5.74, 6) is -4.20. The molecule has 1 heterocycles. The number of benzene rings is 1. The van der Waals surface area contributed by atoms with Gasteiger partial charge >= 0.3 is 6.36 Å². The van der Waals surface area contributed by atoms with Crippen LogP contribution in [0, 0.1) is 29.9 Å². The van der Waals surface area contributed by atoms with E-state index in [0.29, 0.717) is 12.1 Å². The molecule has 9 heteroatoms. The Morgan fingerprint density at radius 3 is 2.39 bits per heavy atom. The van der Waals surface area contributed by atoms with Gasteiger partial charge in [0, 0.05) is 11.3 Å². The highest BCUT2D eigenvalue weighted by molar-refractivity contribution is 5.76. The van der Waals surface area contributed by atoms with Crippen molar-refractivity contribution in [2.24, 2.45) is 0 Å². The summed E-state index contributed by atoms with van der Waals surface area (Å²) < 4.78 is 68.6. The van der Waals surface area contributed by atoms with Crippen LogP contribution in [-0.4, -0.2) is 11.3 Å². The maximum absolute atomic E-state index is 14.0. The van der Waals surface area contributed by atoms with E-state index < -0.39 is 46.0 Å². The number of hydrogen-bond donors (Lipinski definition) is 1. The van der Waals surface area contributed by atoms with Gasteiger partial charge in [0.15, 0.2) is 11.6 Å². The van der Waals surface area contributed by atoms with Crippen molar-refractivity contribution in [1.82, 2.24) is 4.98 Å². The third-order valence-corrected chi connectivity index (χ3v) is 2.83. The number of H-pyrrole nitrogens is 1. The van der Waals surface area contributed by atoms with Crippen LogP contribution >= 0.6 is 0 Å². The molecule has 0 aliphatic heterocycles. The number of pyridine rings is 1. The first-order valence-corrected chi connectivity index (χ1v) is 6.02. The highest BCUT2D eigenvalue weighted by Crippen LogP contribution is 2.38. The fourth-order valence-electron chi connectivity index (χ4n) is 2.00. The molecule has 1 aromatic carbocycles. The summed E-state index contributed by atoms with van der Waals surface area (Å²) in [5.41, 5.74) is -2.90. The number of aromatic amines is 1. The molecule has 2 aromatic rings. The van der Waals surface area contributed by atoms with Gasteiger partial charge in [0.2, 0.25) is 0 Å². The SMILES string of the molecule is Cc1cc(-c2c(F)ccc(F)c2OC(F)(F)F)c(C#N)c(=O)[nH]1. The fourth-order valence-corrected chi connectivity index (χ4v) is 2.00. The second kappa shape index (κ2) is 5.72. The van der Waals surface area contributed by atoms with E-state index in [0.717, 1.165) is 6.07 Å². The molecule has 0 unspecified atom stereocenters. The number of hydrogen-bond acceptors (Lipinski definition) is 3. The molecule has 0 fully saturated rings. The van der Waals surface area contributed by atoms with E-state index in [1.165, 1.54) is 13.0 Å². The van der Waals surface area contributed by atoms with Gasteiger partial charge in [-0.25, -0.2) is 8.78 Å². The number of aromatic nitrogens is 1. The minimum Gasteiger partial charge on any atom is -0.402 e. The Bertz CT molecular complexity index is 865. The van der Waals surface area contributed by atoms with E-state index >= 15 is 0 Å². The molecular formula is C14H7F5N2O2. The van der Waals surface area contributed by atoms with Gasteiger partial charge in [-0.1, -0.05) is 0 Å². The van der Waals surface area contributed by atoms with Crippen molar-refractivity contribution in [3.63, 3.8) is 0 Å². The van der Waals surface area contributed by atoms with Crippen LogP contribution in [0.5, 0.6) is 5.75 Å². The van der Waals surface area contributed by atoms with Gasteiger partial charge < -0.3 is 9.72 Å². The van der Waals surface area contributed by atoms with Crippen molar-refractivity contribution in [2.75, 3.05) is 0 Å². The first-order valence-electron chi connectivity index (χ1n) is 6.02. The zero-order valence-corrected chi connectivity index (χ0v) is 11.4. The molecule has 0 bridgehead atoms. The van der Waals surface area contributed by atoms with E-state index in [9.17, 15) is 26.7 Å². The van der Waals surface area contributed by atoms with Gasteiger partial charge in [0.25, 0.3) is 5.56 Å². The number of ether oxygens (including phenoxy) is 1. The third kappa shape index (κ3) is 3.31. The summed E-state index contributed by atoms with van der Waals surface area (Å²) in [6.07, 6.45) is -5.29. The van der Waals surface area contributed by atoms with Crippen LogP contribution < -0.4 is 10.3 Å². The summed E-state index contributed by atoms with van der Waals surface area (Å²) in [6, 6.07) is 3.54. The third-order valence-electron chi connectivity index (χ3n) is 2.83. The lowest BCUT2D eigenvalue weighted by Gasteiger charge is -2.15. The quantitative estimate of drug-likeness (QED) is 0.858. The molecule has 0 radical (unpaired) electrons. The zero-order valence-electron chi connectivity index (χ0n) is 11.4. The molecule has 1 N–H and O–H groups in total. The van der Waals surface area contributed by atoms with E-state index in [1.54, 1.807) is 0 Å². The van der Waals surface area contributed by atoms with Gasteiger partial charge in [-0.15, -0.1) is 13.2 Å². The first-order chi connectivity index (χ1) is 10.6. The van der Waals surface area contributed by atoms with E-state index in [-0.39, 0.29) is 5.69 Å². The first kappa shape index (κ1) is 16.5. The Balaban J connectivity index is 2.87. The molecule has 0 saturated heterocycles. The average molecular weight is 330 g/mol. The van der Waals surface area contributed by atoms with Crippen LogP contribution in [0.3, 0.4) is 0 Å². The lowest BCUT2D eigenvalue weighted by atomic mass is 9.99. The minimum atomic E-state index is -5.29. The smallest absolute Gasteiger partial charge is 0.402 e. The Hall–Kier alpha value is -2.89. The van der Waals surface area contributed by atoms with Crippen LogP contribution in [0.2, 0.25) is 0 Å². The van der Waals surface area contributed by atoms with Gasteiger partial charge in [-0.3, -0.25) is 4.79 Å². The minimum absolute atomic E-state index is 0.144. The maximum atomic E-state index is 14.0. The molecule has 2 rings (SSSR count). The van der Waals surface area contributed by atoms with E-state index in [1.807, 2.05) is 0 Å². The van der Waals surface area contributed by atoms with Gasteiger partial charge in [0.05, 0.1) is 5.56 Å². The molecule has 0 amide bonds. The lowest BCUT2D eigenvalue weighted by Crippen LogP contribution is -2.20. The molecule has 0 aliphatic rings. The standard InChI is InChI=1S/C14H7F5N2O2/c1-6-4-7(8(5-20)13(22)21-6)11-9(15)2-3-10(16)12(11)23-14(17,18)19/h2-4H,1H3,(H,21,22). The highest BCUT2D eigenvalue weighted by atomic mass is 19.4. The molecular weight excluding hydrogens is 323 g/mol. The van der Waals surface area contributed by atoms with Gasteiger partial charge in [-0.05, 0) is 25.1 Å². The summed E-state index contributed by atoms with van der Waals surface area (Å²) in [6.45, 7) is 1.37. The van der Waals surface area contributed by atoms with Crippen molar-refractivity contribution >= 4 is 0 Å². The van der Waals surface area contributed by atoms with Crippen LogP contribution in [0.1, 0.15) is 11.3 Å². The number of aryl methyl sites for hydroxylation is 1. The summed E-state index contributed by atoms with van der Waals surface area (Å²) in [4.78, 5) is 13.9. The Kier molecular flexibility index (Phi) is 4.10. The summed E-state index contributed by atoms with van der Waals surface area (Å²) >= 11 is 0. The summed E-state index contributed by atoms with van der Waals surface area (Å²) in [7, 11) is 0. The predicted molar refractivity (Wildman–Crippen MR) is 68.5 cm³/mol. The van der Waals surface area contributed by atoms with Crippen LogP contribution in [0.15, 0.2) is 23.0 Å². The van der Waals surface area contributed by atoms with Crippen LogP contribution in [0.4, 0.5) is 22.0 Å². The highest BCUT2D eigenvalue weighted by Gasteiger charge is 2.35. The van der Waals surface area contributed by atoms with Crippen molar-refractivity contribution in [2.45, 2.75) is 13.3 Å². The second-order valence-electron chi connectivity index (χ2n) is 4.46. The topological polar surface area (TPSA) is 65.9 Å². The Morgan fingerprint density at radius 1 is 1.22 bits per heavy atom. The molecule has 23 heavy (non-hydrogen) atoms. The average Bonchev–Trinajstić information content (AvgIpc) is 2.41. The number of nitrogens with one attached hydrogen (secondary N) is 1. The fraction of sp³-hybridized carbons (Fsp3) is 0.143. The number of nitrogens with zero attached hydrogens (tertiary/aromatic N) is 1. The largest absolute Gasteiger partial charge is 0.573 e. The van der Waals surface area contributed by atoms with Crippen molar-refractivity contribution in [1.29, 1.82) is 5.26 Å². The van der Waals surface area contributed by atoms with Gasteiger partial charge in [-0.2, -0.15) is 5.26 Å². The Labute approximate surface area is 125 Å². The Morgan fingerprint density at radius 2 is 1.83 bits per heavy atom. The predicted octanol–water partition coefficient (Wildman–Crippen LogP) is 3.40. The summed E-state index contributed by atoms with van der Waals surface area (Å²) in [5, 5.41) is 8.99. The van der Waals surface area contributed by atoms with E-state index in [4.69, 9.17) is 5.26 Å². The monoisotopic (exact) mass is 330 g/mol. The number of nitriles is 1. The molecule has 4 nitrogen and oxygen atoms in total. The molecule has 1 aromatic heterocycles. The molecule has 0 atom stereocenters. The molecule has 0 saturated carbocycles. The van der Waals surface area contributed by atoms with E-state index in [2.05, 4.69) is 9.72 Å². The number of rotatable bonds is 2. The zero-order chi connectivity index (χ0) is 17.4. The van der Waals surface area contributed by atoms with Crippen molar-refractivity contribution < 1.29 is 26.7 Å². The van der Waals surface area contributed by atoms with Crippen molar-refractivity contribution in [3.8, 4) is 22.9 Å². The molecule has 120 valence electrons. The number of alkyl halides is 3. The van der Waals surface area contributed by atoms with Gasteiger partial charge in [0.1, 0.15) is 17.4 Å². The maximum Gasteiger partial charge on any atom is 0.573 e. The molecule has 0 aliphatic carbocycles. The normalized spacial score (nSPS) is 11.2. The lowest BCUT2D eigenvalue weighted by molar-refractivity contribution is -0.275. The van der Waals surface area contributed by atoms with Crippen molar-refractivity contribution in [3.05, 3.63) is 51.4 Å².